The Balaban J connectivity index is 1.34. The molecule has 1 atom stereocenters. The lowest BCUT2D eigenvalue weighted by molar-refractivity contribution is -0.125. The second-order valence-electron chi connectivity index (χ2n) is 8.21. The van der Waals surface area contributed by atoms with Crippen LogP contribution in [0.2, 0.25) is 0 Å². The van der Waals surface area contributed by atoms with Gasteiger partial charge < -0.3 is 10.2 Å². The van der Waals surface area contributed by atoms with E-state index in [-0.39, 0.29) is 23.2 Å². The molecule has 2 N–H and O–H groups in total. The molecule has 2 aromatic carbocycles. The maximum absolute atomic E-state index is 13.1. The summed E-state index contributed by atoms with van der Waals surface area (Å²) in [5.74, 6) is -0.0594. The van der Waals surface area contributed by atoms with Crippen molar-refractivity contribution in [3.8, 4) is 11.1 Å². The summed E-state index contributed by atoms with van der Waals surface area (Å²) >= 11 is 1.39. The number of hydrogen-bond acceptors (Lipinski definition) is 5. The van der Waals surface area contributed by atoms with Gasteiger partial charge in [-0.2, -0.15) is 0 Å². The van der Waals surface area contributed by atoms with Gasteiger partial charge in [-0.3, -0.25) is 14.6 Å². The van der Waals surface area contributed by atoms with Gasteiger partial charge in [0.25, 0.3) is 5.56 Å². The molecule has 0 unspecified atom stereocenters. The quantitative estimate of drug-likeness (QED) is 0.463. The van der Waals surface area contributed by atoms with Crippen LogP contribution in [0, 0.1) is 11.7 Å². The van der Waals surface area contributed by atoms with Crippen LogP contribution >= 0.6 is 11.3 Å². The number of halogens is 1. The molecule has 0 bridgehead atoms. The third-order valence-corrected chi connectivity index (χ3v) is 6.94. The molecule has 4 aromatic rings. The highest BCUT2D eigenvalue weighted by atomic mass is 32.1. The van der Waals surface area contributed by atoms with Crippen molar-refractivity contribution in [2.75, 3.05) is 18.0 Å². The minimum absolute atomic E-state index is 0.0482. The van der Waals surface area contributed by atoms with Gasteiger partial charge in [-0.25, -0.2) is 9.37 Å². The van der Waals surface area contributed by atoms with E-state index in [2.05, 4.69) is 10.3 Å². The summed E-state index contributed by atoms with van der Waals surface area (Å²) in [5, 5.41) is 4.92. The Hall–Kier alpha value is -3.52. The van der Waals surface area contributed by atoms with Crippen molar-refractivity contribution >= 4 is 33.4 Å². The average Bonchev–Trinajstić information content (AvgIpc) is 3.29. The molecule has 0 radical (unpaired) electrons. The lowest BCUT2D eigenvalue weighted by atomic mass is 9.97. The first-order chi connectivity index (χ1) is 16.1. The number of fused-ring (bicyclic) bond motifs is 1. The summed E-state index contributed by atoms with van der Waals surface area (Å²) in [6, 6.07) is 16.0. The first kappa shape index (κ1) is 21.3. The summed E-state index contributed by atoms with van der Waals surface area (Å²) in [6.07, 6.45) is 1.59. The van der Waals surface area contributed by atoms with Crippen LogP contribution in [0.25, 0.3) is 21.3 Å². The SMILES string of the molecule is O=C(NCc1ccc(F)cc1)[C@@H]1CCCN(c2nc3c(-c4ccccc4)csc3c(=O)[nH]2)C1. The molecule has 0 saturated carbocycles. The van der Waals surface area contributed by atoms with E-state index >= 15 is 0 Å². The summed E-state index contributed by atoms with van der Waals surface area (Å²) in [4.78, 5) is 35.3. The Morgan fingerprint density at radius 1 is 1.18 bits per heavy atom. The standard InChI is InChI=1S/C25H23FN4O2S/c26-19-10-8-16(9-11-19)13-27-23(31)18-7-4-12-30(14-18)25-28-21-20(17-5-2-1-3-6-17)15-33-22(21)24(32)29-25/h1-3,5-6,8-11,15,18H,4,7,12-14H2,(H,27,31)(H,28,29,32)/t18-/m1/s1. The number of aromatic amines is 1. The number of rotatable bonds is 5. The van der Waals surface area contributed by atoms with Crippen LogP contribution in [0.15, 0.2) is 64.8 Å². The third kappa shape index (κ3) is 4.52. The first-order valence-electron chi connectivity index (χ1n) is 10.9. The predicted molar refractivity (Wildman–Crippen MR) is 129 cm³/mol. The Kier molecular flexibility index (Phi) is 5.92. The van der Waals surface area contributed by atoms with Crippen LogP contribution in [-0.2, 0) is 11.3 Å². The van der Waals surface area contributed by atoms with E-state index in [1.54, 1.807) is 12.1 Å². The van der Waals surface area contributed by atoms with Crippen molar-refractivity contribution in [3.63, 3.8) is 0 Å². The molecular weight excluding hydrogens is 439 g/mol. The number of anilines is 1. The van der Waals surface area contributed by atoms with Crippen LogP contribution in [0.1, 0.15) is 18.4 Å². The van der Waals surface area contributed by atoms with Crippen molar-refractivity contribution in [2.24, 2.45) is 5.92 Å². The van der Waals surface area contributed by atoms with Gasteiger partial charge in [0.15, 0.2) is 0 Å². The number of hydrogen-bond donors (Lipinski definition) is 2. The largest absolute Gasteiger partial charge is 0.352 e. The molecule has 1 fully saturated rings. The lowest BCUT2D eigenvalue weighted by Crippen LogP contribution is -2.44. The monoisotopic (exact) mass is 462 g/mol. The van der Waals surface area contributed by atoms with E-state index in [0.717, 1.165) is 36.1 Å². The van der Waals surface area contributed by atoms with Crippen molar-refractivity contribution < 1.29 is 9.18 Å². The Morgan fingerprint density at radius 2 is 1.97 bits per heavy atom. The molecule has 168 valence electrons. The van der Waals surface area contributed by atoms with E-state index < -0.39 is 0 Å². The minimum Gasteiger partial charge on any atom is -0.352 e. The van der Waals surface area contributed by atoms with Crippen molar-refractivity contribution in [3.05, 3.63) is 81.7 Å². The molecule has 6 nitrogen and oxygen atoms in total. The maximum Gasteiger partial charge on any atom is 0.270 e. The van der Waals surface area contributed by atoms with E-state index in [0.29, 0.717) is 29.3 Å². The van der Waals surface area contributed by atoms with Crippen molar-refractivity contribution in [1.29, 1.82) is 0 Å². The lowest BCUT2D eigenvalue weighted by Gasteiger charge is -2.32. The fraction of sp³-hybridized carbons (Fsp3) is 0.240. The van der Waals surface area contributed by atoms with Gasteiger partial charge >= 0.3 is 0 Å². The maximum atomic E-state index is 13.1. The van der Waals surface area contributed by atoms with Crippen LogP contribution in [0.3, 0.4) is 0 Å². The molecule has 5 rings (SSSR count). The number of amides is 1. The van der Waals surface area contributed by atoms with Gasteiger partial charge in [-0.05, 0) is 36.1 Å². The second-order valence-corrected chi connectivity index (χ2v) is 9.09. The number of aromatic nitrogens is 2. The van der Waals surface area contributed by atoms with E-state index in [1.807, 2.05) is 40.6 Å². The van der Waals surface area contributed by atoms with Crippen LogP contribution in [0.4, 0.5) is 10.3 Å². The predicted octanol–water partition coefficient (Wildman–Crippen LogP) is 4.32. The number of nitrogens with zero attached hydrogens (tertiary/aromatic N) is 2. The number of H-pyrrole nitrogens is 1. The molecule has 1 aliphatic rings. The second kappa shape index (κ2) is 9.15. The van der Waals surface area contributed by atoms with E-state index in [4.69, 9.17) is 4.98 Å². The molecular formula is C25H23FN4O2S. The number of piperidine rings is 1. The third-order valence-electron chi connectivity index (χ3n) is 5.97. The molecule has 0 aliphatic carbocycles. The highest BCUT2D eigenvalue weighted by molar-refractivity contribution is 7.17. The van der Waals surface area contributed by atoms with Gasteiger partial charge in [0, 0.05) is 30.6 Å². The molecule has 3 heterocycles. The molecule has 2 aromatic heterocycles. The summed E-state index contributed by atoms with van der Waals surface area (Å²) in [6.45, 7) is 1.56. The molecule has 1 aliphatic heterocycles. The van der Waals surface area contributed by atoms with Crippen LogP contribution < -0.4 is 15.8 Å². The van der Waals surface area contributed by atoms with E-state index in [9.17, 15) is 14.0 Å². The smallest absolute Gasteiger partial charge is 0.270 e. The zero-order valence-corrected chi connectivity index (χ0v) is 18.7. The number of thiophene rings is 1. The zero-order valence-electron chi connectivity index (χ0n) is 17.9. The summed E-state index contributed by atoms with van der Waals surface area (Å²) in [7, 11) is 0. The van der Waals surface area contributed by atoms with Gasteiger partial charge in [0.05, 0.1) is 11.4 Å². The van der Waals surface area contributed by atoms with Crippen molar-refractivity contribution in [2.45, 2.75) is 19.4 Å². The Bertz CT molecular complexity index is 1330. The average molecular weight is 463 g/mol. The molecule has 1 amide bonds. The number of carbonyl (C=O) groups is 1. The van der Waals surface area contributed by atoms with Gasteiger partial charge in [0.1, 0.15) is 10.5 Å². The molecule has 8 heteroatoms. The zero-order chi connectivity index (χ0) is 22.8. The number of nitrogens with one attached hydrogen (secondary N) is 2. The Morgan fingerprint density at radius 3 is 2.76 bits per heavy atom. The fourth-order valence-electron chi connectivity index (χ4n) is 4.21. The molecule has 0 spiro atoms. The van der Waals surface area contributed by atoms with Gasteiger partial charge in [-0.15, -0.1) is 11.3 Å². The van der Waals surface area contributed by atoms with E-state index in [1.165, 1.54) is 23.5 Å². The topological polar surface area (TPSA) is 78.1 Å². The van der Waals surface area contributed by atoms with Crippen molar-refractivity contribution in [1.82, 2.24) is 15.3 Å². The van der Waals surface area contributed by atoms with Gasteiger partial charge in [-0.1, -0.05) is 42.5 Å². The summed E-state index contributed by atoms with van der Waals surface area (Å²) in [5.41, 5.74) is 3.33. The van der Waals surface area contributed by atoms with Crippen LogP contribution in [0.5, 0.6) is 0 Å². The Labute approximate surface area is 194 Å². The molecule has 33 heavy (non-hydrogen) atoms. The summed E-state index contributed by atoms with van der Waals surface area (Å²) < 4.78 is 13.7. The minimum atomic E-state index is -0.299. The van der Waals surface area contributed by atoms with Gasteiger partial charge in [0.2, 0.25) is 11.9 Å². The fourth-order valence-corrected chi connectivity index (χ4v) is 5.12. The first-order valence-corrected chi connectivity index (χ1v) is 11.8. The van der Waals surface area contributed by atoms with Crippen LogP contribution in [-0.4, -0.2) is 29.0 Å². The molecule has 1 saturated heterocycles. The highest BCUT2D eigenvalue weighted by Crippen LogP contribution is 2.32. The number of carbonyl (C=O) groups excluding carboxylic acids is 1. The highest BCUT2D eigenvalue weighted by Gasteiger charge is 2.27. The number of benzene rings is 2. The normalized spacial score (nSPS) is 16.2.